The Kier molecular flexibility index (Phi) is 3.92. The number of aromatic nitrogens is 1. The molecule has 3 amide bonds. The number of nitrogens with one attached hydrogen (secondary N) is 3. The maximum absolute atomic E-state index is 11.5. The molecule has 5 nitrogen and oxygen atoms in total. The predicted octanol–water partition coefficient (Wildman–Crippen LogP) is 2.86. The van der Waals surface area contributed by atoms with E-state index in [4.69, 9.17) is 23.2 Å². The number of halogens is 2. The molecule has 0 aliphatic carbocycles. The number of H-pyrrole nitrogens is 1. The van der Waals surface area contributed by atoms with Crippen LogP contribution >= 0.6 is 23.2 Å². The van der Waals surface area contributed by atoms with E-state index in [9.17, 15) is 9.59 Å². The summed E-state index contributed by atoms with van der Waals surface area (Å²) in [6, 6.07) is 2.53. The van der Waals surface area contributed by atoms with Crippen LogP contribution in [0.5, 0.6) is 0 Å². The number of carbonyl (C=O) groups excluding carboxylic acids is 2. The minimum Gasteiger partial charge on any atom is -0.360 e. The van der Waals surface area contributed by atoms with Gasteiger partial charge < -0.3 is 10.3 Å². The van der Waals surface area contributed by atoms with Crippen LogP contribution in [0.1, 0.15) is 13.0 Å². The van der Waals surface area contributed by atoms with Crippen LogP contribution in [0.3, 0.4) is 0 Å². The molecule has 1 saturated heterocycles. The van der Waals surface area contributed by atoms with Crippen molar-refractivity contribution in [2.75, 3.05) is 0 Å². The maximum Gasteiger partial charge on any atom is 0.322 e. The standard InChI is InChI=1S/C12H9Cl2N3O2.CH4/c13-7-2-1-6-5(4-15-10(6)9(7)14)3-8-11(18)17-12(19)16-8;/h1-2,4,8,15H,3H2,(H2,16,17,18,19);1H4/t8-;/m1./s1. The van der Waals surface area contributed by atoms with Crippen molar-refractivity contribution in [3.63, 3.8) is 0 Å². The Morgan fingerprint density at radius 3 is 2.60 bits per heavy atom. The molecule has 1 fully saturated rings. The number of aromatic amines is 1. The minimum atomic E-state index is -0.555. The second-order valence-electron chi connectivity index (χ2n) is 4.32. The van der Waals surface area contributed by atoms with Crippen molar-refractivity contribution in [3.05, 3.63) is 33.9 Å². The van der Waals surface area contributed by atoms with E-state index in [2.05, 4.69) is 15.6 Å². The number of imide groups is 1. The lowest BCUT2D eigenvalue weighted by Gasteiger charge is -2.06. The Bertz CT molecular complexity index is 696. The van der Waals surface area contributed by atoms with Crippen LogP contribution < -0.4 is 10.6 Å². The first-order chi connectivity index (χ1) is 9.06. The van der Waals surface area contributed by atoms with E-state index >= 15 is 0 Å². The lowest BCUT2D eigenvalue weighted by atomic mass is 10.1. The Balaban J connectivity index is 0.00000147. The number of rotatable bonds is 2. The van der Waals surface area contributed by atoms with Crippen molar-refractivity contribution in [1.82, 2.24) is 15.6 Å². The molecule has 3 N–H and O–H groups in total. The molecular formula is C13H13Cl2N3O2. The second kappa shape index (κ2) is 5.34. The first-order valence-corrected chi connectivity index (χ1v) is 6.37. The molecule has 1 aliphatic rings. The average molecular weight is 314 g/mol. The maximum atomic E-state index is 11.5. The number of fused-ring (bicyclic) bond motifs is 1. The summed E-state index contributed by atoms with van der Waals surface area (Å²) in [5.41, 5.74) is 1.63. The summed E-state index contributed by atoms with van der Waals surface area (Å²) in [5.74, 6) is -0.320. The number of urea groups is 1. The van der Waals surface area contributed by atoms with Gasteiger partial charge in [-0.25, -0.2) is 4.79 Å². The molecule has 1 aromatic heterocycles. The van der Waals surface area contributed by atoms with Gasteiger partial charge in [-0.2, -0.15) is 0 Å². The molecule has 2 heterocycles. The molecule has 20 heavy (non-hydrogen) atoms. The molecule has 0 saturated carbocycles. The number of hydrogen-bond donors (Lipinski definition) is 3. The monoisotopic (exact) mass is 313 g/mol. The molecule has 1 aromatic carbocycles. The zero-order valence-electron chi connectivity index (χ0n) is 9.59. The highest BCUT2D eigenvalue weighted by Gasteiger charge is 2.30. The molecule has 3 rings (SSSR count). The summed E-state index contributed by atoms with van der Waals surface area (Å²) in [6.45, 7) is 0. The van der Waals surface area contributed by atoms with Crippen molar-refractivity contribution in [2.45, 2.75) is 19.9 Å². The van der Waals surface area contributed by atoms with Crippen LogP contribution in [0, 0.1) is 0 Å². The first-order valence-electron chi connectivity index (χ1n) is 5.61. The van der Waals surface area contributed by atoms with Gasteiger partial charge in [0, 0.05) is 18.0 Å². The van der Waals surface area contributed by atoms with Crippen LogP contribution in [0.2, 0.25) is 10.0 Å². The van der Waals surface area contributed by atoms with E-state index in [0.717, 1.165) is 16.5 Å². The largest absolute Gasteiger partial charge is 0.360 e. The SMILES string of the molecule is C.O=C1NC(=O)[C@@H](Cc2c[nH]c3c(Cl)c(Cl)ccc23)N1. The van der Waals surface area contributed by atoms with Crippen LogP contribution in [0.15, 0.2) is 18.3 Å². The highest BCUT2D eigenvalue weighted by atomic mass is 35.5. The highest BCUT2D eigenvalue weighted by Crippen LogP contribution is 2.32. The van der Waals surface area contributed by atoms with Gasteiger partial charge in [-0.05, 0) is 11.6 Å². The fourth-order valence-electron chi connectivity index (χ4n) is 2.19. The number of amides is 3. The minimum absolute atomic E-state index is 0. The van der Waals surface area contributed by atoms with Crippen LogP contribution in [0.4, 0.5) is 4.79 Å². The fraction of sp³-hybridized carbons (Fsp3) is 0.231. The predicted molar refractivity (Wildman–Crippen MR) is 79.2 cm³/mol. The molecule has 7 heteroatoms. The lowest BCUT2D eigenvalue weighted by Crippen LogP contribution is -2.30. The molecular weight excluding hydrogens is 301 g/mol. The number of carbonyl (C=O) groups is 2. The summed E-state index contributed by atoms with van der Waals surface area (Å²) < 4.78 is 0. The van der Waals surface area contributed by atoms with E-state index in [1.165, 1.54) is 0 Å². The molecule has 1 atom stereocenters. The van der Waals surface area contributed by atoms with Crippen molar-refractivity contribution < 1.29 is 9.59 Å². The third kappa shape index (κ3) is 2.34. The van der Waals surface area contributed by atoms with Gasteiger partial charge in [0.15, 0.2) is 0 Å². The molecule has 2 aromatic rings. The summed E-state index contributed by atoms with van der Waals surface area (Å²) >= 11 is 12.0. The summed E-state index contributed by atoms with van der Waals surface area (Å²) in [4.78, 5) is 25.6. The highest BCUT2D eigenvalue weighted by molar-refractivity contribution is 6.45. The molecule has 0 unspecified atom stereocenters. The zero-order chi connectivity index (χ0) is 13.6. The topological polar surface area (TPSA) is 74.0 Å². The van der Waals surface area contributed by atoms with Gasteiger partial charge in [-0.15, -0.1) is 0 Å². The van der Waals surface area contributed by atoms with Gasteiger partial charge in [0.1, 0.15) is 6.04 Å². The smallest absolute Gasteiger partial charge is 0.322 e. The summed E-state index contributed by atoms with van der Waals surface area (Å²) in [5, 5.41) is 6.57. The molecule has 0 bridgehead atoms. The van der Waals surface area contributed by atoms with Gasteiger partial charge in [0.25, 0.3) is 5.91 Å². The summed E-state index contributed by atoms with van der Waals surface area (Å²) in [7, 11) is 0. The third-order valence-electron chi connectivity index (χ3n) is 3.11. The Morgan fingerprint density at radius 2 is 1.95 bits per heavy atom. The molecule has 0 spiro atoms. The normalized spacial score (nSPS) is 17.8. The van der Waals surface area contributed by atoms with E-state index in [-0.39, 0.29) is 13.3 Å². The summed E-state index contributed by atoms with van der Waals surface area (Å²) in [6.07, 6.45) is 2.17. The van der Waals surface area contributed by atoms with Crippen LogP contribution in [-0.4, -0.2) is 23.0 Å². The Labute approximate surface area is 125 Å². The Morgan fingerprint density at radius 1 is 1.20 bits per heavy atom. The van der Waals surface area contributed by atoms with E-state index in [0.29, 0.717) is 16.5 Å². The quantitative estimate of drug-likeness (QED) is 0.746. The van der Waals surface area contributed by atoms with Gasteiger partial charge in [-0.1, -0.05) is 36.7 Å². The average Bonchev–Trinajstić information content (AvgIpc) is 2.90. The van der Waals surface area contributed by atoms with Crippen molar-refractivity contribution >= 4 is 46.0 Å². The van der Waals surface area contributed by atoms with Crippen LogP contribution in [-0.2, 0) is 11.2 Å². The van der Waals surface area contributed by atoms with E-state index < -0.39 is 12.1 Å². The van der Waals surface area contributed by atoms with E-state index in [1.54, 1.807) is 12.3 Å². The number of hydrogen-bond acceptors (Lipinski definition) is 2. The van der Waals surface area contributed by atoms with Crippen molar-refractivity contribution in [1.29, 1.82) is 0 Å². The first kappa shape index (κ1) is 14.7. The van der Waals surface area contributed by atoms with Gasteiger partial charge >= 0.3 is 6.03 Å². The number of benzene rings is 1. The Hall–Kier alpha value is -1.72. The second-order valence-corrected chi connectivity index (χ2v) is 5.10. The lowest BCUT2D eigenvalue weighted by molar-refractivity contribution is -0.120. The van der Waals surface area contributed by atoms with E-state index in [1.807, 2.05) is 6.07 Å². The fourth-order valence-corrected chi connectivity index (χ4v) is 2.56. The van der Waals surface area contributed by atoms with Gasteiger partial charge in [0.2, 0.25) is 0 Å². The van der Waals surface area contributed by atoms with Crippen LogP contribution in [0.25, 0.3) is 10.9 Å². The third-order valence-corrected chi connectivity index (χ3v) is 3.92. The van der Waals surface area contributed by atoms with Crippen molar-refractivity contribution in [3.8, 4) is 0 Å². The zero-order valence-corrected chi connectivity index (χ0v) is 11.1. The van der Waals surface area contributed by atoms with Crippen molar-refractivity contribution in [2.24, 2.45) is 0 Å². The molecule has 106 valence electrons. The van der Waals surface area contributed by atoms with Gasteiger partial charge in [-0.3, -0.25) is 10.1 Å². The molecule has 1 aliphatic heterocycles. The molecule has 0 radical (unpaired) electrons. The van der Waals surface area contributed by atoms with Gasteiger partial charge in [0.05, 0.1) is 15.6 Å².